The highest BCUT2D eigenvalue weighted by Gasteiger charge is 2.23. The Kier molecular flexibility index (Phi) is 5.46. The fourth-order valence-electron chi connectivity index (χ4n) is 4.16. The summed E-state index contributed by atoms with van der Waals surface area (Å²) < 4.78 is 7.44. The number of aryl methyl sites for hydroxylation is 1. The molecule has 5 rings (SSSR count). The lowest BCUT2D eigenvalue weighted by molar-refractivity contribution is 0.0630. The number of aliphatic hydroxyl groups is 1. The number of benzene rings is 1. The van der Waals surface area contributed by atoms with Gasteiger partial charge in [0.15, 0.2) is 11.7 Å². The highest BCUT2D eigenvalue weighted by Crippen LogP contribution is 2.31. The molecule has 2 N–H and O–H groups in total. The third kappa shape index (κ3) is 4.51. The zero-order valence-corrected chi connectivity index (χ0v) is 19.8. The van der Waals surface area contributed by atoms with E-state index in [2.05, 4.69) is 27.3 Å². The summed E-state index contributed by atoms with van der Waals surface area (Å²) in [6.07, 6.45) is 4.05. The van der Waals surface area contributed by atoms with E-state index in [1.54, 1.807) is 33.0 Å². The number of imidazole rings is 1. The second kappa shape index (κ2) is 8.31. The second-order valence-corrected chi connectivity index (χ2v) is 10.1. The molecule has 1 aliphatic rings. The minimum atomic E-state index is -0.971. The summed E-state index contributed by atoms with van der Waals surface area (Å²) in [4.78, 5) is 25.6. The first kappa shape index (κ1) is 21.7. The first-order valence-corrected chi connectivity index (χ1v) is 11.9. The van der Waals surface area contributed by atoms with Crippen molar-refractivity contribution in [2.45, 2.75) is 45.8 Å². The maximum absolute atomic E-state index is 13.1. The Bertz CT molecular complexity index is 1310. The van der Waals surface area contributed by atoms with Gasteiger partial charge in [-0.15, -0.1) is 11.3 Å². The van der Waals surface area contributed by atoms with Crippen molar-refractivity contribution >= 4 is 39.9 Å². The average Bonchev–Trinajstić information content (AvgIpc) is 3.54. The fraction of sp³-hybridized carbons (Fsp3) is 0.375. The molecule has 1 amide bonds. The van der Waals surface area contributed by atoms with E-state index in [-0.39, 0.29) is 5.91 Å². The minimum absolute atomic E-state index is 0.255. The summed E-state index contributed by atoms with van der Waals surface area (Å²) in [5, 5.41) is 13.4. The predicted octanol–water partition coefficient (Wildman–Crippen LogP) is 4.68. The van der Waals surface area contributed by atoms with Gasteiger partial charge in [0.05, 0.1) is 39.1 Å². The van der Waals surface area contributed by atoms with Gasteiger partial charge in [-0.3, -0.25) is 10.1 Å². The monoisotopic (exact) mass is 465 g/mol. The van der Waals surface area contributed by atoms with Crippen LogP contribution in [0.2, 0.25) is 0 Å². The molecule has 0 spiro atoms. The fourth-order valence-corrected chi connectivity index (χ4v) is 5.01. The Hall–Kier alpha value is -3.17. The van der Waals surface area contributed by atoms with E-state index in [9.17, 15) is 9.90 Å². The molecule has 1 saturated heterocycles. The summed E-state index contributed by atoms with van der Waals surface area (Å²) >= 11 is 1.33. The number of anilines is 2. The van der Waals surface area contributed by atoms with Gasteiger partial charge in [-0.2, -0.15) is 0 Å². The van der Waals surface area contributed by atoms with Gasteiger partial charge in [-0.25, -0.2) is 9.97 Å². The van der Waals surface area contributed by atoms with Crippen LogP contribution in [0.4, 0.5) is 11.6 Å². The van der Waals surface area contributed by atoms with Crippen molar-refractivity contribution in [2.24, 2.45) is 0 Å². The molecule has 0 saturated carbocycles. The summed E-state index contributed by atoms with van der Waals surface area (Å²) in [6.45, 7) is 7.67. The molecular weight excluding hydrogens is 438 g/mol. The van der Waals surface area contributed by atoms with Gasteiger partial charge in [-0.1, -0.05) is 0 Å². The van der Waals surface area contributed by atoms with Crippen molar-refractivity contribution in [3.8, 4) is 10.6 Å². The van der Waals surface area contributed by atoms with E-state index in [1.165, 1.54) is 24.2 Å². The van der Waals surface area contributed by atoms with Crippen molar-refractivity contribution in [1.82, 2.24) is 14.5 Å². The molecule has 1 fully saturated rings. The Morgan fingerprint density at radius 3 is 2.73 bits per heavy atom. The number of aromatic nitrogens is 3. The molecule has 0 radical (unpaired) electrons. The molecule has 0 unspecified atom stereocenters. The highest BCUT2D eigenvalue weighted by atomic mass is 32.1. The van der Waals surface area contributed by atoms with Crippen LogP contribution in [-0.4, -0.2) is 44.2 Å². The number of nitrogens with zero attached hydrogens (tertiary/aromatic N) is 4. The smallest absolute Gasteiger partial charge is 0.268 e. The molecule has 1 aliphatic heterocycles. The zero-order chi connectivity index (χ0) is 23.2. The Morgan fingerprint density at radius 1 is 1.24 bits per heavy atom. The molecule has 8 nitrogen and oxygen atoms in total. The summed E-state index contributed by atoms with van der Waals surface area (Å²) in [5.74, 6) is 1.38. The number of oxazole rings is 1. The number of rotatable bonds is 6. The number of fused-ring (bicyclic) bond motifs is 1. The van der Waals surface area contributed by atoms with Crippen LogP contribution in [0.1, 0.15) is 42.3 Å². The highest BCUT2D eigenvalue weighted by molar-refractivity contribution is 7.17. The predicted molar refractivity (Wildman–Crippen MR) is 130 cm³/mol. The van der Waals surface area contributed by atoms with Crippen LogP contribution in [-0.2, 0) is 6.54 Å². The molecule has 4 aromatic rings. The zero-order valence-electron chi connectivity index (χ0n) is 19.0. The summed E-state index contributed by atoms with van der Waals surface area (Å²) in [7, 11) is 0. The maximum Gasteiger partial charge on any atom is 0.268 e. The number of hydrogen-bond donors (Lipinski definition) is 2. The molecule has 3 aromatic heterocycles. The van der Waals surface area contributed by atoms with Crippen molar-refractivity contribution < 1.29 is 14.3 Å². The molecule has 4 heterocycles. The quantitative estimate of drug-likeness (QED) is 0.429. The normalized spacial score (nSPS) is 14.4. The first-order valence-electron chi connectivity index (χ1n) is 11.1. The van der Waals surface area contributed by atoms with E-state index >= 15 is 0 Å². The molecule has 33 heavy (non-hydrogen) atoms. The molecular formula is C24H27N5O3S. The van der Waals surface area contributed by atoms with E-state index in [1.807, 2.05) is 16.7 Å². The molecule has 9 heteroatoms. The van der Waals surface area contributed by atoms with Gasteiger partial charge in [0.2, 0.25) is 5.95 Å². The molecule has 1 aromatic carbocycles. The third-order valence-corrected chi connectivity index (χ3v) is 6.77. The number of nitrogens with one attached hydrogen (secondary N) is 1. The van der Waals surface area contributed by atoms with Gasteiger partial charge >= 0.3 is 0 Å². The minimum Gasteiger partial charge on any atom is -0.440 e. The van der Waals surface area contributed by atoms with Crippen LogP contribution in [0.5, 0.6) is 0 Å². The van der Waals surface area contributed by atoms with Gasteiger partial charge in [0, 0.05) is 25.7 Å². The molecule has 0 atom stereocenters. The summed E-state index contributed by atoms with van der Waals surface area (Å²) in [6, 6.07) is 9.79. The molecule has 0 bridgehead atoms. The average molecular weight is 466 g/mol. The van der Waals surface area contributed by atoms with Gasteiger partial charge in [0.1, 0.15) is 0 Å². The van der Waals surface area contributed by atoms with Crippen molar-refractivity contribution in [3.63, 3.8) is 0 Å². The number of carbonyl (C=O) groups is 1. The molecule has 0 aliphatic carbocycles. The van der Waals surface area contributed by atoms with Crippen LogP contribution in [0, 0.1) is 6.92 Å². The first-order chi connectivity index (χ1) is 15.8. The number of hydrogen-bond acceptors (Lipinski definition) is 7. The Labute approximate surface area is 195 Å². The van der Waals surface area contributed by atoms with Crippen LogP contribution in [0.3, 0.4) is 0 Å². The third-order valence-electron chi connectivity index (χ3n) is 5.67. The number of carbonyl (C=O) groups excluding carboxylic acids is 1. The standard InChI is InChI=1S/C24H27N5O3S/c1-15-25-13-19(32-15)20-8-9-21(33-20)22(30)27-23-26-17-12-16(28-10-4-5-11-28)6-7-18(17)29(23)14-24(2,3)31/h6-9,12-13,31H,4-5,10-11,14H2,1-3H3,(H,26,27,30). The van der Waals surface area contributed by atoms with E-state index < -0.39 is 5.60 Å². The van der Waals surface area contributed by atoms with E-state index in [0.717, 1.165) is 34.7 Å². The van der Waals surface area contributed by atoms with E-state index in [0.29, 0.717) is 29.0 Å². The lowest BCUT2D eigenvalue weighted by atomic mass is 10.1. The number of thiophene rings is 1. The SMILES string of the molecule is Cc1ncc(-c2ccc(C(=O)Nc3nc4cc(N5CCCC5)ccc4n3CC(C)(C)O)s2)o1. The van der Waals surface area contributed by atoms with Crippen molar-refractivity contribution in [1.29, 1.82) is 0 Å². The van der Waals surface area contributed by atoms with Crippen molar-refractivity contribution in [2.75, 3.05) is 23.3 Å². The Balaban J connectivity index is 1.46. The van der Waals surface area contributed by atoms with Crippen LogP contribution >= 0.6 is 11.3 Å². The van der Waals surface area contributed by atoms with Gasteiger partial charge in [0.25, 0.3) is 5.91 Å². The second-order valence-electron chi connectivity index (χ2n) is 9.06. The van der Waals surface area contributed by atoms with Crippen molar-refractivity contribution in [3.05, 3.63) is 47.3 Å². The largest absolute Gasteiger partial charge is 0.440 e. The van der Waals surface area contributed by atoms with Crippen LogP contribution in [0.15, 0.2) is 40.9 Å². The Morgan fingerprint density at radius 2 is 2.03 bits per heavy atom. The molecule has 172 valence electrons. The van der Waals surface area contributed by atoms with E-state index in [4.69, 9.17) is 9.40 Å². The van der Waals surface area contributed by atoms with Crippen LogP contribution in [0.25, 0.3) is 21.7 Å². The topological polar surface area (TPSA) is 96.4 Å². The maximum atomic E-state index is 13.1. The lowest BCUT2D eigenvalue weighted by Gasteiger charge is -2.20. The lowest BCUT2D eigenvalue weighted by Crippen LogP contribution is -2.27. The van der Waals surface area contributed by atoms with Gasteiger partial charge < -0.3 is 19.0 Å². The van der Waals surface area contributed by atoms with Crippen LogP contribution < -0.4 is 10.2 Å². The number of amides is 1. The van der Waals surface area contributed by atoms with Gasteiger partial charge in [-0.05, 0) is 57.0 Å². The summed E-state index contributed by atoms with van der Waals surface area (Å²) in [5.41, 5.74) is 1.83.